The number of fused-ring (bicyclic) bond motifs is 1. The predicted octanol–water partition coefficient (Wildman–Crippen LogP) is 5.79. The van der Waals surface area contributed by atoms with E-state index < -0.39 is 23.2 Å². The molecular formula is C26H22BrNO6S. The third-order valence-electron chi connectivity index (χ3n) is 5.59. The number of hydrogen-bond acceptors (Lipinski definition) is 7. The summed E-state index contributed by atoms with van der Waals surface area (Å²) in [5, 5.41) is 1.71. The first kappa shape index (κ1) is 24.8. The minimum absolute atomic E-state index is 0.193. The number of thioether (sulfide) groups is 1. The van der Waals surface area contributed by atoms with Crippen molar-refractivity contribution in [1.82, 2.24) is 4.90 Å². The molecule has 1 heterocycles. The largest absolute Gasteiger partial charge is 0.493 e. The SMILES string of the molecule is COC(=O)[C@H](C)N1C(=O)S/C(=C/c2cc(OC)c(OCc3cccc4ccccc34)cc2Br)C1=O. The highest BCUT2D eigenvalue weighted by atomic mass is 79.9. The molecule has 2 amide bonds. The summed E-state index contributed by atoms with van der Waals surface area (Å²) < 4.78 is 16.9. The fourth-order valence-corrected chi connectivity index (χ4v) is 5.07. The second kappa shape index (κ2) is 10.5. The summed E-state index contributed by atoms with van der Waals surface area (Å²) >= 11 is 4.29. The third kappa shape index (κ3) is 5.06. The molecule has 1 saturated heterocycles. The summed E-state index contributed by atoms with van der Waals surface area (Å²) in [6.45, 7) is 1.79. The summed E-state index contributed by atoms with van der Waals surface area (Å²) in [6, 6.07) is 16.6. The number of imide groups is 1. The van der Waals surface area contributed by atoms with Gasteiger partial charge in [0.05, 0.1) is 19.1 Å². The number of carbonyl (C=O) groups excluding carboxylic acids is 3. The summed E-state index contributed by atoms with van der Waals surface area (Å²) in [6.07, 6.45) is 1.58. The fraction of sp³-hybridized carbons (Fsp3) is 0.192. The molecular weight excluding hydrogens is 534 g/mol. The van der Waals surface area contributed by atoms with Crippen LogP contribution in [0.2, 0.25) is 0 Å². The van der Waals surface area contributed by atoms with Gasteiger partial charge in [-0.15, -0.1) is 0 Å². The quantitative estimate of drug-likeness (QED) is 0.269. The molecule has 0 radical (unpaired) electrons. The van der Waals surface area contributed by atoms with Crippen LogP contribution < -0.4 is 9.47 Å². The molecule has 0 aliphatic carbocycles. The monoisotopic (exact) mass is 555 g/mol. The van der Waals surface area contributed by atoms with E-state index in [1.165, 1.54) is 21.1 Å². The van der Waals surface area contributed by atoms with Crippen molar-refractivity contribution >= 4 is 61.7 Å². The normalized spacial score (nSPS) is 15.5. The molecule has 35 heavy (non-hydrogen) atoms. The lowest BCUT2D eigenvalue weighted by Crippen LogP contribution is -2.42. The molecule has 7 nitrogen and oxygen atoms in total. The topological polar surface area (TPSA) is 82.1 Å². The van der Waals surface area contributed by atoms with Crippen molar-refractivity contribution in [2.45, 2.75) is 19.6 Å². The summed E-state index contributed by atoms with van der Waals surface area (Å²) in [5.74, 6) is -0.220. The number of benzene rings is 3. The molecule has 1 fully saturated rings. The van der Waals surface area contributed by atoms with Crippen LogP contribution in [-0.2, 0) is 20.9 Å². The highest BCUT2D eigenvalue weighted by molar-refractivity contribution is 9.10. The maximum Gasteiger partial charge on any atom is 0.328 e. The van der Waals surface area contributed by atoms with Crippen molar-refractivity contribution in [2.75, 3.05) is 14.2 Å². The Kier molecular flexibility index (Phi) is 7.47. The minimum atomic E-state index is -1.01. The van der Waals surface area contributed by atoms with Crippen molar-refractivity contribution in [3.63, 3.8) is 0 Å². The van der Waals surface area contributed by atoms with Crippen molar-refractivity contribution in [2.24, 2.45) is 0 Å². The van der Waals surface area contributed by atoms with Gasteiger partial charge in [-0.2, -0.15) is 0 Å². The molecule has 3 aromatic carbocycles. The molecule has 0 saturated carbocycles. The second-order valence-electron chi connectivity index (χ2n) is 7.70. The molecule has 1 atom stereocenters. The maximum absolute atomic E-state index is 12.8. The minimum Gasteiger partial charge on any atom is -0.493 e. The first-order valence-electron chi connectivity index (χ1n) is 10.7. The molecule has 0 unspecified atom stereocenters. The van der Waals surface area contributed by atoms with Gasteiger partial charge in [0.2, 0.25) is 0 Å². The lowest BCUT2D eigenvalue weighted by Gasteiger charge is -2.18. The number of methoxy groups -OCH3 is 2. The van der Waals surface area contributed by atoms with Crippen LogP contribution >= 0.6 is 27.7 Å². The molecule has 4 rings (SSSR count). The number of carbonyl (C=O) groups is 3. The lowest BCUT2D eigenvalue weighted by atomic mass is 10.1. The number of ether oxygens (including phenoxy) is 3. The lowest BCUT2D eigenvalue weighted by molar-refractivity contribution is -0.148. The zero-order chi connectivity index (χ0) is 25.1. The Morgan fingerprint density at radius 3 is 2.57 bits per heavy atom. The molecule has 0 N–H and O–H groups in total. The van der Waals surface area contributed by atoms with Gasteiger partial charge in [0, 0.05) is 4.47 Å². The Hall–Kier alpha value is -3.30. The fourth-order valence-electron chi connectivity index (χ4n) is 3.74. The van der Waals surface area contributed by atoms with E-state index in [2.05, 4.69) is 38.9 Å². The average molecular weight is 556 g/mol. The van der Waals surface area contributed by atoms with Crippen LogP contribution in [0, 0.1) is 0 Å². The van der Waals surface area contributed by atoms with Crippen LogP contribution in [0.5, 0.6) is 11.5 Å². The molecule has 1 aliphatic rings. The van der Waals surface area contributed by atoms with Gasteiger partial charge in [-0.3, -0.25) is 14.5 Å². The standard InChI is InChI=1S/C26H22BrNO6S/c1-15(25(30)33-3)28-24(29)23(35-26(28)31)12-18-11-21(32-2)22(13-20(18)27)34-14-17-9-6-8-16-7-4-5-10-19(16)17/h4-13,15H,14H2,1-3H3/b23-12+/t15-/m0/s1. The number of halogens is 1. The third-order valence-corrected chi connectivity index (χ3v) is 7.16. The van der Waals surface area contributed by atoms with E-state index >= 15 is 0 Å². The van der Waals surface area contributed by atoms with Crippen LogP contribution in [0.25, 0.3) is 16.8 Å². The number of hydrogen-bond donors (Lipinski definition) is 0. The molecule has 0 spiro atoms. The van der Waals surface area contributed by atoms with Crippen LogP contribution in [-0.4, -0.2) is 42.3 Å². The van der Waals surface area contributed by atoms with E-state index in [-0.39, 0.29) is 4.91 Å². The van der Waals surface area contributed by atoms with Gasteiger partial charge in [0.1, 0.15) is 12.6 Å². The van der Waals surface area contributed by atoms with Crippen LogP contribution in [0.15, 0.2) is 64.0 Å². The number of amides is 2. The molecule has 1 aliphatic heterocycles. The van der Waals surface area contributed by atoms with E-state index in [9.17, 15) is 14.4 Å². The van der Waals surface area contributed by atoms with Crippen LogP contribution in [0.4, 0.5) is 4.79 Å². The van der Waals surface area contributed by atoms with E-state index in [4.69, 9.17) is 9.47 Å². The van der Waals surface area contributed by atoms with Crippen molar-refractivity contribution in [3.8, 4) is 11.5 Å². The van der Waals surface area contributed by atoms with Gasteiger partial charge >= 0.3 is 5.97 Å². The smallest absolute Gasteiger partial charge is 0.328 e. The summed E-state index contributed by atoms with van der Waals surface area (Å²) in [7, 11) is 2.74. The molecule has 3 aromatic rings. The first-order chi connectivity index (χ1) is 16.8. The first-order valence-corrected chi connectivity index (χ1v) is 12.3. The van der Waals surface area contributed by atoms with Gasteiger partial charge in [0.15, 0.2) is 11.5 Å². The van der Waals surface area contributed by atoms with E-state index in [0.29, 0.717) is 28.1 Å². The second-order valence-corrected chi connectivity index (χ2v) is 9.55. The molecule has 180 valence electrons. The molecule has 9 heteroatoms. The van der Waals surface area contributed by atoms with Crippen LogP contribution in [0.1, 0.15) is 18.1 Å². The number of nitrogens with zero attached hydrogens (tertiary/aromatic N) is 1. The Balaban J connectivity index is 1.58. The van der Waals surface area contributed by atoms with Crippen LogP contribution in [0.3, 0.4) is 0 Å². The van der Waals surface area contributed by atoms with E-state index in [0.717, 1.165) is 33.0 Å². The summed E-state index contributed by atoms with van der Waals surface area (Å²) in [5.41, 5.74) is 1.66. The van der Waals surface area contributed by atoms with E-state index in [1.807, 2.05) is 24.3 Å². The van der Waals surface area contributed by atoms with Gasteiger partial charge in [-0.05, 0) is 58.8 Å². The van der Waals surface area contributed by atoms with Gasteiger partial charge in [0.25, 0.3) is 11.1 Å². The zero-order valence-corrected chi connectivity index (χ0v) is 21.6. The van der Waals surface area contributed by atoms with E-state index in [1.54, 1.807) is 18.2 Å². The summed E-state index contributed by atoms with van der Waals surface area (Å²) in [4.78, 5) is 38.1. The molecule has 0 bridgehead atoms. The Bertz CT molecular complexity index is 1350. The highest BCUT2D eigenvalue weighted by Gasteiger charge is 2.41. The van der Waals surface area contributed by atoms with Crippen molar-refractivity contribution < 1.29 is 28.6 Å². The Morgan fingerprint density at radius 2 is 1.83 bits per heavy atom. The number of rotatable bonds is 7. The van der Waals surface area contributed by atoms with Gasteiger partial charge < -0.3 is 14.2 Å². The predicted molar refractivity (Wildman–Crippen MR) is 138 cm³/mol. The van der Waals surface area contributed by atoms with Crippen molar-refractivity contribution in [1.29, 1.82) is 0 Å². The average Bonchev–Trinajstić information content (AvgIpc) is 3.15. The Morgan fingerprint density at radius 1 is 1.09 bits per heavy atom. The van der Waals surface area contributed by atoms with Gasteiger partial charge in [-0.1, -0.05) is 58.4 Å². The van der Waals surface area contributed by atoms with Crippen molar-refractivity contribution in [3.05, 3.63) is 75.1 Å². The number of esters is 1. The zero-order valence-electron chi connectivity index (χ0n) is 19.2. The van der Waals surface area contributed by atoms with Gasteiger partial charge in [-0.25, -0.2) is 4.79 Å². The highest BCUT2D eigenvalue weighted by Crippen LogP contribution is 2.39. The Labute approximate surface area is 215 Å². The maximum atomic E-state index is 12.8. The molecule has 0 aromatic heterocycles.